The molecule has 0 saturated carbocycles. The minimum absolute atomic E-state index is 0.762. The van der Waals surface area contributed by atoms with Crippen LogP contribution < -0.4 is 0 Å². The van der Waals surface area contributed by atoms with E-state index in [0.717, 1.165) is 45.0 Å². The van der Waals surface area contributed by atoms with Gasteiger partial charge in [0.05, 0.1) is 6.61 Å². The van der Waals surface area contributed by atoms with Crippen molar-refractivity contribution >= 4 is 12.6 Å². The summed E-state index contributed by atoms with van der Waals surface area (Å²) in [6, 6.07) is 0. The molecule has 0 aromatic heterocycles. The smallest absolute Gasteiger partial charge is 0.0554 e. The number of hydrogen-bond acceptors (Lipinski definition) is 3. The van der Waals surface area contributed by atoms with Crippen LogP contribution in [0.4, 0.5) is 0 Å². The summed E-state index contributed by atoms with van der Waals surface area (Å²) in [6.07, 6.45) is 2.19. The molecule has 0 spiro atoms. The Morgan fingerprint density at radius 1 is 1.00 bits per heavy atom. The Morgan fingerprint density at radius 2 is 1.64 bits per heavy atom. The molecule has 0 N–H and O–H groups in total. The van der Waals surface area contributed by atoms with Gasteiger partial charge in [-0.3, -0.25) is 0 Å². The van der Waals surface area contributed by atoms with Gasteiger partial charge in [0.25, 0.3) is 0 Å². The maximum absolute atomic E-state index is 5.23. The lowest BCUT2D eigenvalue weighted by atomic mass is 10.3. The summed E-state index contributed by atoms with van der Waals surface area (Å²) in [5.41, 5.74) is 0. The highest BCUT2D eigenvalue weighted by molar-refractivity contribution is 7.80. The first-order valence-electron chi connectivity index (χ1n) is 4.18. The largest absolute Gasteiger partial charge is 0.382 e. The zero-order valence-electron chi connectivity index (χ0n) is 7.21. The van der Waals surface area contributed by atoms with Gasteiger partial charge in [-0.25, -0.2) is 0 Å². The molecule has 0 fully saturated rings. The maximum atomic E-state index is 5.23. The third-order valence-electron chi connectivity index (χ3n) is 1.27. The van der Waals surface area contributed by atoms with E-state index in [-0.39, 0.29) is 0 Å². The third-order valence-corrected chi connectivity index (χ3v) is 1.45. The molecular formula is C8H18O2S. The van der Waals surface area contributed by atoms with Crippen LogP contribution in [0.3, 0.4) is 0 Å². The van der Waals surface area contributed by atoms with Crippen LogP contribution in [0.2, 0.25) is 0 Å². The summed E-state index contributed by atoms with van der Waals surface area (Å²) in [5.74, 6) is 0.811. The first kappa shape index (κ1) is 11.3. The lowest BCUT2D eigenvalue weighted by Crippen LogP contribution is -2.00. The van der Waals surface area contributed by atoms with Crippen LogP contribution in [0, 0.1) is 0 Å². The molecular weight excluding hydrogens is 160 g/mol. The lowest BCUT2D eigenvalue weighted by Gasteiger charge is -2.01. The normalized spacial score (nSPS) is 10.4. The Morgan fingerprint density at radius 3 is 2.18 bits per heavy atom. The van der Waals surface area contributed by atoms with Crippen molar-refractivity contribution in [2.24, 2.45) is 0 Å². The summed E-state index contributed by atoms with van der Waals surface area (Å²) in [6.45, 7) is 5.29. The monoisotopic (exact) mass is 178 g/mol. The van der Waals surface area contributed by atoms with Crippen LogP contribution in [0.1, 0.15) is 19.8 Å². The fourth-order valence-corrected chi connectivity index (χ4v) is 0.848. The van der Waals surface area contributed by atoms with Crippen LogP contribution in [0.25, 0.3) is 0 Å². The van der Waals surface area contributed by atoms with Crippen molar-refractivity contribution in [3.05, 3.63) is 0 Å². The number of ether oxygens (including phenoxy) is 2. The van der Waals surface area contributed by atoms with E-state index in [2.05, 4.69) is 12.6 Å². The van der Waals surface area contributed by atoms with E-state index >= 15 is 0 Å². The van der Waals surface area contributed by atoms with Crippen LogP contribution >= 0.6 is 12.6 Å². The molecule has 0 amide bonds. The molecule has 11 heavy (non-hydrogen) atoms. The molecule has 0 aliphatic heterocycles. The standard InChI is InChI=1S/C8H18O2S/c1-2-9-5-3-4-6-10-7-8-11/h11H,2-8H2,1H3. The molecule has 0 unspecified atom stereocenters. The van der Waals surface area contributed by atoms with E-state index in [9.17, 15) is 0 Å². The fourth-order valence-electron chi connectivity index (χ4n) is 0.719. The predicted octanol–water partition coefficient (Wildman–Crippen LogP) is 1.75. The van der Waals surface area contributed by atoms with Crippen molar-refractivity contribution in [2.75, 3.05) is 32.2 Å². The molecule has 0 atom stereocenters. The van der Waals surface area contributed by atoms with Crippen molar-refractivity contribution in [1.82, 2.24) is 0 Å². The molecule has 0 bridgehead atoms. The topological polar surface area (TPSA) is 18.5 Å². The van der Waals surface area contributed by atoms with Gasteiger partial charge in [0, 0.05) is 25.6 Å². The third kappa shape index (κ3) is 10.3. The Hall–Kier alpha value is 0.270. The van der Waals surface area contributed by atoms with E-state index in [1.165, 1.54) is 0 Å². The predicted molar refractivity (Wildman–Crippen MR) is 50.4 cm³/mol. The Labute approximate surface area is 74.7 Å². The van der Waals surface area contributed by atoms with E-state index in [1.807, 2.05) is 6.92 Å². The van der Waals surface area contributed by atoms with Crippen LogP contribution in [0.15, 0.2) is 0 Å². The SMILES string of the molecule is CCOCCCCOCCS. The van der Waals surface area contributed by atoms with Gasteiger partial charge in [0.15, 0.2) is 0 Å². The van der Waals surface area contributed by atoms with Gasteiger partial charge < -0.3 is 9.47 Å². The second-order valence-corrected chi connectivity index (χ2v) is 2.69. The summed E-state index contributed by atoms with van der Waals surface area (Å²) >= 11 is 4.03. The first-order valence-corrected chi connectivity index (χ1v) is 4.81. The number of unbranched alkanes of at least 4 members (excludes halogenated alkanes) is 1. The molecule has 0 aliphatic carbocycles. The number of rotatable bonds is 8. The van der Waals surface area contributed by atoms with Crippen molar-refractivity contribution < 1.29 is 9.47 Å². The van der Waals surface area contributed by atoms with Crippen LogP contribution in [0.5, 0.6) is 0 Å². The van der Waals surface area contributed by atoms with Gasteiger partial charge >= 0.3 is 0 Å². The van der Waals surface area contributed by atoms with E-state index < -0.39 is 0 Å². The van der Waals surface area contributed by atoms with Crippen molar-refractivity contribution in [3.8, 4) is 0 Å². The van der Waals surface area contributed by atoms with Gasteiger partial charge in [0.2, 0.25) is 0 Å². The lowest BCUT2D eigenvalue weighted by molar-refractivity contribution is 0.115. The highest BCUT2D eigenvalue weighted by Gasteiger charge is 1.88. The summed E-state index contributed by atoms with van der Waals surface area (Å²) < 4.78 is 10.4. The van der Waals surface area contributed by atoms with Crippen LogP contribution in [-0.4, -0.2) is 32.2 Å². The van der Waals surface area contributed by atoms with Gasteiger partial charge in [0.1, 0.15) is 0 Å². The molecule has 0 aliphatic rings. The van der Waals surface area contributed by atoms with Crippen molar-refractivity contribution in [3.63, 3.8) is 0 Å². The Balaban J connectivity index is 2.69. The highest BCUT2D eigenvalue weighted by atomic mass is 32.1. The summed E-state index contributed by atoms with van der Waals surface area (Å²) in [7, 11) is 0. The summed E-state index contributed by atoms with van der Waals surface area (Å²) in [4.78, 5) is 0. The molecule has 3 heteroatoms. The minimum atomic E-state index is 0.762. The second kappa shape index (κ2) is 10.3. The quantitative estimate of drug-likeness (QED) is 0.451. The van der Waals surface area contributed by atoms with Gasteiger partial charge in [-0.2, -0.15) is 12.6 Å². The zero-order valence-corrected chi connectivity index (χ0v) is 8.11. The van der Waals surface area contributed by atoms with E-state index in [1.54, 1.807) is 0 Å². The number of thiol groups is 1. The molecule has 68 valence electrons. The molecule has 0 aromatic carbocycles. The Bertz CT molecular complexity index is 61.1. The van der Waals surface area contributed by atoms with Crippen LogP contribution in [-0.2, 0) is 9.47 Å². The average molecular weight is 178 g/mol. The van der Waals surface area contributed by atoms with E-state index in [0.29, 0.717) is 0 Å². The molecule has 2 nitrogen and oxygen atoms in total. The van der Waals surface area contributed by atoms with Gasteiger partial charge in [-0.05, 0) is 19.8 Å². The van der Waals surface area contributed by atoms with Crippen molar-refractivity contribution in [2.45, 2.75) is 19.8 Å². The molecule has 0 aromatic rings. The molecule has 0 heterocycles. The minimum Gasteiger partial charge on any atom is -0.382 e. The molecule has 0 rings (SSSR count). The molecule has 0 radical (unpaired) electrons. The highest BCUT2D eigenvalue weighted by Crippen LogP contribution is 1.91. The van der Waals surface area contributed by atoms with Crippen molar-refractivity contribution in [1.29, 1.82) is 0 Å². The first-order chi connectivity index (χ1) is 5.41. The zero-order chi connectivity index (χ0) is 8.36. The average Bonchev–Trinajstić information content (AvgIpc) is 2.03. The number of hydrogen-bond donors (Lipinski definition) is 1. The summed E-state index contributed by atoms with van der Waals surface area (Å²) in [5, 5.41) is 0. The van der Waals surface area contributed by atoms with E-state index in [4.69, 9.17) is 9.47 Å². The Kier molecular flexibility index (Phi) is 10.5. The maximum Gasteiger partial charge on any atom is 0.0554 e. The fraction of sp³-hybridized carbons (Fsp3) is 1.00. The molecule has 0 saturated heterocycles. The second-order valence-electron chi connectivity index (χ2n) is 2.24. The van der Waals surface area contributed by atoms with Gasteiger partial charge in [-0.15, -0.1) is 0 Å². The van der Waals surface area contributed by atoms with Gasteiger partial charge in [-0.1, -0.05) is 0 Å².